The van der Waals surface area contributed by atoms with Crippen molar-refractivity contribution in [2.24, 2.45) is 0 Å². The molecule has 0 atom stereocenters. The second kappa shape index (κ2) is 5.69. The summed E-state index contributed by atoms with van der Waals surface area (Å²) >= 11 is 0. The quantitative estimate of drug-likeness (QED) is 0.857. The third-order valence-corrected chi connectivity index (χ3v) is 3.04. The number of aliphatic hydroxyl groups excluding tert-OH is 1. The maximum absolute atomic E-state index is 11.9. The highest BCUT2D eigenvalue weighted by atomic mass is 16.5. The van der Waals surface area contributed by atoms with Crippen LogP contribution in [-0.4, -0.2) is 18.1 Å². The van der Waals surface area contributed by atoms with E-state index in [-0.39, 0.29) is 12.5 Å². The van der Waals surface area contributed by atoms with E-state index in [1.807, 2.05) is 6.08 Å². The molecule has 1 aliphatic carbocycles. The van der Waals surface area contributed by atoms with Gasteiger partial charge >= 0.3 is 0 Å². The first-order valence-electron chi connectivity index (χ1n) is 6.02. The molecule has 0 heterocycles. The molecular weight excluding hydrogens is 230 g/mol. The van der Waals surface area contributed by atoms with Gasteiger partial charge in [-0.1, -0.05) is 6.08 Å². The van der Waals surface area contributed by atoms with Crippen LogP contribution in [0.1, 0.15) is 24.8 Å². The largest absolute Gasteiger partial charge is 0.496 e. The number of aliphatic hydroxyl groups is 1. The number of allylic oxidation sites excluding steroid dienone is 1. The normalized spacial score (nSPS) is 14.2. The van der Waals surface area contributed by atoms with E-state index in [2.05, 4.69) is 5.32 Å². The molecule has 2 N–H and O–H groups in total. The van der Waals surface area contributed by atoms with Gasteiger partial charge in [0.25, 0.3) is 5.91 Å². The van der Waals surface area contributed by atoms with E-state index < -0.39 is 0 Å². The highest BCUT2D eigenvalue weighted by molar-refractivity contribution is 6.04. The monoisotopic (exact) mass is 247 g/mol. The van der Waals surface area contributed by atoms with Gasteiger partial charge in [-0.15, -0.1) is 0 Å². The molecule has 0 fully saturated rings. The number of nitrogens with one attached hydrogen (secondary N) is 1. The van der Waals surface area contributed by atoms with Crippen molar-refractivity contribution >= 4 is 11.6 Å². The predicted molar refractivity (Wildman–Crippen MR) is 69.5 cm³/mol. The minimum absolute atomic E-state index is 0.0541. The summed E-state index contributed by atoms with van der Waals surface area (Å²) in [6, 6.07) is 5.24. The summed E-state index contributed by atoms with van der Waals surface area (Å²) in [5.74, 6) is 0.567. The van der Waals surface area contributed by atoms with Gasteiger partial charge in [0.1, 0.15) is 5.75 Å². The molecule has 0 unspecified atom stereocenters. The molecule has 1 aromatic rings. The van der Waals surface area contributed by atoms with E-state index in [9.17, 15) is 9.90 Å². The molecule has 4 nitrogen and oxygen atoms in total. The van der Waals surface area contributed by atoms with Gasteiger partial charge < -0.3 is 15.2 Å². The Hall–Kier alpha value is -1.81. The second-order valence-corrected chi connectivity index (χ2v) is 4.26. The molecule has 0 aromatic heterocycles. The van der Waals surface area contributed by atoms with Crippen molar-refractivity contribution in [1.82, 2.24) is 0 Å². The predicted octanol–water partition coefficient (Wildman–Crippen LogP) is 2.24. The molecule has 2 rings (SSSR count). The molecule has 1 aromatic carbocycles. The lowest BCUT2D eigenvalue weighted by Crippen LogP contribution is -2.13. The molecule has 1 aliphatic rings. The Morgan fingerprint density at radius 3 is 2.94 bits per heavy atom. The summed E-state index contributed by atoms with van der Waals surface area (Å²) in [5.41, 5.74) is 2.18. The van der Waals surface area contributed by atoms with E-state index in [0.717, 1.165) is 24.8 Å². The fraction of sp³-hybridized carbons (Fsp3) is 0.357. The molecular formula is C14H17NO3. The van der Waals surface area contributed by atoms with Gasteiger partial charge in [-0.25, -0.2) is 0 Å². The van der Waals surface area contributed by atoms with Crippen molar-refractivity contribution in [3.63, 3.8) is 0 Å². The summed E-state index contributed by atoms with van der Waals surface area (Å²) in [6.45, 7) is -0.115. The van der Waals surface area contributed by atoms with Gasteiger partial charge in [0, 0.05) is 16.8 Å². The number of carbonyl (C=O) groups excluding carboxylic acids is 1. The molecule has 18 heavy (non-hydrogen) atoms. The second-order valence-electron chi connectivity index (χ2n) is 4.26. The zero-order valence-electron chi connectivity index (χ0n) is 10.4. The van der Waals surface area contributed by atoms with Crippen LogP contribution in [0.5, 0.6) is 5.75 Å². The van der Waals surface area contributed by atoms with E-state index in [4.69, 9.17) is 4.74 Å². The van der Waals surface area contributed by atoms with Crippen molar-refractivity contribution in [3.8, 4) is 5.75 Å². The Bertz CT molecular complexity index is 480. The number of methoxy groups -OCH3 is 1. The maximum Gasteiger partial charge on any atom is 0.251 e. The Labute approximate surface area is 106 Å². The zero-order chi connectivity index (χ0) is 13.0. The SMILES string of the molecule is COc1ccc(NC(=O)C2=CCCC2)cc1CO. The summed E-state index contributed by atoms with van der Waals surface area (Å²) in [7, 11) is 1.55. The van der Waals surface area contributed by atoms with E-state index in [1.165, 1.54) is 0 Å². The van der Waals surface area contributed by atoms with Crippen molar-refractivity contribution in [1.29, 1.82) is 0 Å². The number of hydrogen-bond donors (Lipinski definition) is 2. The first kappa shape index (κ1) is 12.6. The lowest BCUT2D eigenvalue weighted by atomic mass is 10.1. The van der Waals surface area contributed by atoms with Crippen LogP contribution in [0.2, 0.25) is 0 Å². The van der Waals surface area contributed by atoms with Crippen LogP contribution in [0, 0.1) is 0 Å². The van der Waals surface area contributed by atoms with E-state index in [1.54, 1.807) is 25.3 Å². The molecule has 1 amide bonds. The molecule has 0 saturated carbocycles. The molecule has 0 spiro atoms. The van der Waals surface area contributed by atoms with Crippen LogP contribution in [0.4, 0.5) is 5.69 Å². The number of benzene rings is 1. The molecule has 0 saturated heterocycles. The molecule has 0 radical (unpaired) electrons. The van der Waals surface area contributed by atoms with Crippen molar-refractivity contribution in [2.45, 2.75) is 25.9 Å². The maximum atomic E-state index is 11.9. The zero-order valence-corrected chi connectivity index (χ0v) is 10.4. The fourth-order valence-corrected chi connectivity index (χ4v) is 2.07. The summed E-state index contributed by atoms with van der Waals surface area (Å²) in [6.07, 6.45) is 4.85. The van der Waals surface area contributed by atoms with Gasteiger partial charge in [0.05, 0.1) is 13.7 Å². The summed E-state index contributed by atoms with van der Waals surface area (Å²) in [4.78, 5) is 11.9. The number of ether oxygens (including phenoxy) is 1. The van der Waals surface area contributed by atoms with Gasteiger partial charge in [-0.3, -0.25) is 4.79 Å². The van der Waals surface area contributed by atoms with Gasteiger partial charge in [-0.05, 0) is 37.5 Å². The molecule has 4 heteroatoms. The minimum atomic E-state index is -0.115. The van der Waals surface area contributed by atoms with Crippen LogP contribution >= 0.6 is 0 Å². The highest BCUT2D eigenvalue weighted by Crippen LogP contribution is 2.24. The van der Waals surface area contributed by atoms with Gasteiger partial charge in [0.15, 0.2) is 0 Å². The van der Waals surface area contributed by atoms with Crippen LogP contribution in [0.3, 0.4) is 0 Å². The lowest BCUT2D eigenvalue weighted by Gasteiger charge is -2.10. The number of carbonyl (C=O) groups is 1. The van der Waals surface area contributed by atoms with E-state index >= 15 is 0 Å². The topological polar surface area (TPSA) is 58.6 Å². The summed E-state index contributed by atoms with van der Waals surface area (Å²) < 4.78 is 5.11. The molecule has 96 valence electrons. The van der Waals surface area contributed by atoms with Crippen molar-refractivity contribution < 1.29 is 14.6 Å². The number of anilines is 1. The van der Waals surface area contributed by atoms with Crippen LogP contribution in [-0.2, 0) is 11.4 Å². The fourth-order valence-electron chi connectivity index (χ4n) is 2.07. The number of rotatable bonds is 4. The van der Waals surface area contributed by atoms with Crippen molar-refractivity contribution in [3.05, 3.63) is 35.4 Å². The summed E-state index contributed by atoms with van der Waals surface area (Å²) in [5, 5.41) is 12.1. The van der Waals surface area contributed by atoms with Gasteiger partial charge in [-0.2, -0.15) is 0 Å². The average molecular weight is 247 g/mol. The van der Waals surface area contributed by atoms with Crippen molar-refractivity contribution in [2.75, 3.05) is 12.4 Å². The smallest absolute Gasteiger partial charge is 0.251 e. The van der Waals surface area contributed by atoms with Gasteiger partial charge in [0.2, 0.25) is 0 Å². The Balaban J connectivity index is 2.11. The number of hydrogen-bond acceptors (Lipinski definition) is 3. The lowest BCUT2D eigenvalue weighted by molar-refractivity contribution is -0.112. The number of amides is 1. The van der Waals surface area contributed by atoms with Crippen LogP contribution in [0.15, 0.2) is 29.8 Å². The van der Waals surface area contributed by atoms with Crippen LogP contribution < -0.4 is 10.1 Å². The first-order chi connectivity index (χ1) is 8.74. The standard InChI is InChI=1S/C14H17NO3/c1-18-13-7-6-12(8-11(13)9-16)15-14(17)10-4-2-3-5-10/h4,6-8,16H,2-3,5,9H2,1H3,(H,15,17). The Morgan fingerprint density at radius 1 is 1.50 bits per heavy atom. The van der Waals surface area contributed by atoms with E-state index in [0.29, 0.717) is 17.0 Å². The first-order valence-corrected chi connectivity index (χ1v) is 6.02. The Kier molecular flexibility index (Phi) is 3.99. The molecule has 0 aliphatic heterocycles. The Morgan fingerprint density at radius 2 is 2.33 bits per heavy atom. The third kappa shape index (κ3) is 2.71. The third-order valence-electron chi connectivity index (χ3n) is 3.04. The minimum Gasteiger partial charge on any atom is -0.496 e. The molecule has 0 bridgehead atoms. The van der Waals surface area contributed by atoms with Crippen LogP contribution in [0.25, 0.3) is 0 Å². The highest BCUT2D eigenvalue weighted by Gasteiger charge is 2.13. The average Bonchev–Trinajstić information content (AvgIpc) is 2.92.